The van der Waals surface area contributed by atoms with Gasteiger partial charge in [0.2, 0.25) is 0 Å². The number of hydrogen-bond acceptors (Lipinski definition) is 6. The summed E-state index contributed by atoms with van der Waals surface area (Å²) in [6, 6.07) is 11.2. The van der Waals surface area contributed by atoms with E-state index >= 15 is 0 Å². The molecule has 0 unspecified atom stereocenters. The lowest BCUT2D eigenvalue weighted by Gasteiger charge is -2.10. The molecule has 0 bridgehead atoms. The lowest BCUT2D eigenvalue weighted by molar-refractivity contribution is -0.145. The SMILES string of the molecule is CCOC(=O)COc1c(Br)cc(C=c2sc3nc4ccccc4n3c2=O)cc1Br. The van der Waals surface area contributed by atoms with Gasteiger partial charge in [0.15, 0.2) is 11.6 Å². The predicted octanol–water partition coefficient (Wildman–Crippen LogP) is 3.92. The van der Waals surface area contributed by atoms with E-state index in [9.17, 15) is 9.59 Å². The standard InChI is InChI=1S/C20H14Br2N2O4S/c1-2-27-17(25)10-28-18-12(21)7-11(8-13(18)22)9-16-19(26)24-15-6-4-3-5-14(15)23-20(24)29-16/h3-9H,2,10H2,1H3. The Labute approximate surface area is 186 Å². The number of esters is 1. The zero-order valence-corrected chi connectivity index (χ0v) is 19.1. The largest absolute Gasteiger partial charge is 0.480 e. The first kappa shape index (κ1) is 20.1. The van der Waals surface area contributed by atoms with Crippen LogP contribution in [-0.2, 0) is 9.53 Å². The highest BCUT2D eigenvalue weighted by atomic mass is 79.9. The Morgan fingerprint density at radius 1 is 1.24 bits per heavy atom. The van der Waals surface area contributed by atoms with Crippen molar-refractivity contribution in [3.05, 3.63) is 65.8 Å². The van der Waals surface area contributed by atoms with E-state index in [2.05, 4.69) is 36.8 Å². The molecule has 29 heavy (non-hydrogen) atoms. The zero-order chi connectivity index (χ0) is 20.5. The van der Waals surface area contributed by atoms with Crippen LogP contribution in [-0.4, -0.2) is 28.6 Å². The van der Waals surface area contributed by atoms with Crippen LogP contribution in [0.5, 0.6) is 5.75 Å². The highest BCUT2D eigenvalue weighted by molar-refractivity contribution is 9.11. The van der Waals surface area contributed by atoms with Crippen molar-refractivity contribution in [3.63, 3.8) is 0 Å². The normalized spacial score (nSPS) is 12.0. The lowest BCUT2D eigenvalue weighted by atomic mass is 10.2. The molecule has 0 saturated heterocycles. The molecule has 0 saturated carbocycles. The van der Waals surface area contributed by atoms with Crippen LogP contribution >= 0.6 is 43.2 Å². The van der Waals surface area contributed by atoms with Crippen LogP contribution in [0, 0.1) is 0 Å². The Kier molecular flexibility index (Phi) is 5.71. The first-order chi connectivity index (χ1) is 14.0. The van der Waals surface area contributed by atoms with E-state index in [4.69, 9.17) is 9.47 Å². The van der Waals surface area contributed by atoms with Gasteiger partial charge in [-0.05, 0) is 74.7 Å². The molecule has 0 atom stereocenters. The van der Waals surface area contributed by atoms with Crippen molar-refractivity contribution in [1.82, 2.24) is 9.38 Å². The summed E-state index contributed by atoms with van der Waals surface area (Å²) in [5, 5.41) is 0. The number of para-hydroxylation sites is 2. The molecule has 0 aliphatic carbocycles. The Balaban J connectivity index is 1.70. The number of nitrogens with zero attached hydrogens (tertiary/aromatic N) is 2. The number of ether oxygens (including phenoxy) is 2. The summed E-state index contributed by atoms with van der Waals surface area (Å²) in [5.74, 6) is 0.0524. The Bertz CT molecular complexity index is 1320. The molecular formula is C20H14Br2N2O4S. The van der Waals surface area contributed by atoms with Crippen LogP contribution in [0.3, 0.4) is 0 Å². The molecule has 0 radical (unpaired) electrons. The quantitative estimate of drug-likeness (QED) is 0.361. The molecule has 2 aromatic carbocycles. The molecule has 0 spiro atoms. The van der Waals surface area contributed by atoms with Crippen molar-refractivity contribution in [2.24, 2.45) is 0 Å². The molecule has 6 nitrogen and oxygen atoms in total. The second kappa shape index (κ2) is 8.25. The van der Waals surface area contributed by atoms with Gasteiger partial charge in [-0.3, -0.25) is 4.79 Å². The maximum atomic E-state index is 12.9. The van der Waals surface area contributed by atoms with E-state index in [-0.39, 0.29) is 12.2 Å². The minimum Gasteiger partial charge on any atom is -0.480 e. The Morgan fingerprint density at radius 2 is 1.97 bits per heavy atom. The zero-order valence-electron chi connectivity index (χ0n) is 15.1. The average Bonchev–Trinajstić information content (AvgIpc) is 3.18. The van der Waals surface area contributed by atoms with Gasteiger partial charge in [0.25, 0.3) is 5.56 Å². The number of fused-ring (bicyclic) bond motifs is 3. The van der Waals surface area contributed by atoms with Crippen LogP contribution in [0.25, 0.3) is 22.1 Å². The molecule has 4 rings (SSSR count). The van der Waals surface area contributed by atoms with Gasteiger partial charge in [0.1, 0.15) is 5.75 Å². The van der Waals surface area contributed by atoms with Crippen molar-refractivity contribution in [1.29, 1.82) is 0 Å². The summed E-state index contributed by atoms with van der Waals surface area (Å²) >= 11 is 8.26. The van der Waals surface area contributed by atoms with E-state index in [0.29, 0.717) is 30.8 Å². The molecule has 0 amide bonds. The molecule has 0 fully saturated rings. The topological polar surface area (TPSA) is 69.9 Å². The van der Waals surface area contributed by atoms with Gasteiger partial charge in [-0.15, -0.1) is 0 Å². The molecule has 0 N–H and O–H groups in total. The number of carbonyl (C=O) groups excluding carboxylic acids is 1. The van der Waals surface area contributed by atoms with E-state index in [0.717, 1.165) is 16.6 Å². The summed E-state index contributed by atoms with van der Waals surface area (Å²) in [7, 11) is 0. The summed E-state index contributed by atoms with van der Waals surface area (Å²) in [6.07, 6.45) is 1.81. The second-order valence-corrected chi connectivity index (χ2v) is 8.76. The monoisotopic (exact) mass is 536 g/mol. The summed E-state index contributed by atoms with van der Waals surface area (Å²) in [6.45, 7) is 1.85. The highest BCUT2D eigenvalue weighted by Crippen LogP contribution is 2.35. The molecule has 2 heterocycles. The van der Waals surface area contributed by atoms with Gasteiger partial charge in [-0.2, -0.15) is 0 Å². The fourth-order valence-electron chi connectivity index (χ4n) is 2.90. The van der Waals surface area contributed by atoms with Crippen molar-refractivity contribution in [2.75, 3.05) is 13.2 Å². The van der Waals surface area contributed by atoms with Crippen LogP contribution in [0.15, 0.2) is 50.1 Å². The minimum absolute atomic E-state index is 0.103. The lowest BCUT2D eigenvalue weighted by Crippen LogP contribution is -2.22. The maximum absolute atomic E-state index is 12.9. The summed E-state index contributed by atoms with van der Waals surface area (Å²) in [5.41, 5.74) is 2.30. The third-order valence-corrected chi connectivity index (χ3v) is 6.25. The van der Waals surface area contributed by atoms with Crippen molar-refractivity contribution < 1.29 is 14.3 Å². The van der Waals surface area contributed by atoms with Gasteiger partial charge < -0.3 is 9.47 Å². The first-order valence-electron chi connectivity index (χ1n) is 8.67. The van der Waals surface area contributed by atoms with Gasteiger partial charge in [-0.1, -0.05) is 23.5 Å². The smallest absolute Gasteiger partial charge is 0.344 e. The van der Waals surface area contributed by atoms with E-state index in [1.807, 2.05) is 36.4 Å². The van der Waals surface area contributed by atoms with E-state index < -0.39 is 5.97 Å². The minimum atomic E-state index is -0.438. The highest BCUT2D eigenvalue weighted by Gasteiger charge is 2.13. The van der Waals surface area contributed by atoms with Gasteiger partial charge in [0, 0.05) is 0 Å². The van der Waals surface area contributed by atoms with Crippen LogP contribution < -0.4 is 14.8 Å². The number of benzene rings is 2. The van der Waals surface area contributed by atoms with Crippen LogP contribution in [0.2, 0.25) is 0 Å². The number of carbonyl (C=O) groups is 1. The van der Waals surface area contributed by atoms with Crippen molar-refractivity contribution in [2.45, 2.75) is 6.92 Å². The van der Waals surface area contributed by atoms with Crippen molar-refractivity contribution >= 4 is 71.2 Å². The van der Waals surface area contributed by atoms with Crippen molar-refractivity contribution in [3.8, 4) is 5.75 Å². The average molecular weight is 538 g/mol. The van der Waals surface area contributed by atoms with Crippen LogP contribution in [0.4, 0.5) is 0 Å². The number of thiazole rings is 1. The second-order valence-electron chi connectivity index (χ2n) is 6.04. The number of aromatic nitrogens is 2. The van der Waals surface area contributed by atoms with Crippen LogP contribution in [0.1, 0.15) is 12.5 Å². The fraction of sp³-hybridized carbons (Fsp3) is 0.150. The fourth-order valence-corrected chi connectivity index (χ4v) is 5.34. The molecule has 148 valence electrons. The van der Waals surface area contributed by atoms with E-state index in [1.54, 1.807) is 17.4 Å². The number of rotatable bonds is 5. The molecule has 0 aliphatic heterocycles. The number of hydrogen-bond donors (Lipinski definition) is 0. The Hall–Kier alpha value is -2.23. The third kappa shape index (κ3) is 3.94. The number of halogens is 2. The van der Waals surface area contributed by atoms with Gasteiger partial charge >= 0.3 is 5.97 Å². The first-order valence-corrected chi connectivity index (χ1v) is 11.1. The molecule has 0 aliphatic rings. The number of imidazole rings is 1. The summed E-state index contributed by atoms with van der Waals surface area (Å²) < 4.78 is 13.9. The molecular weight excluding hydrogens is 524 g/mol. The molecule has 2 aromatic heterocycles. The van der Waals surface area contributed by atoms with Gasteiger partial charge in [-0.25, -0.2) is 14.2 Å². The molecule has 4 aromatic rings. The molecule has 9 heteroatoms. The summed E-state index contributed by atoms with van der Waals surface area (Å²) in [4.78, 5) is 29.6. The van der Waals surface area contributed by atoms with E-state index in [1.165, 1.54) is 11.3 Å². The maximum Gasteiger partial charge on any atom is 0.344 e. The Morgan fingerprint density at radius 3 is 2.69 bits per heavy atom. The third-order valence-electron chi connectivity index (χ3n) is 4.10. The van der Waals surface area contributed by atoms with Gasteiger partial charge in [0.05, 0.1) is 31.1 Å². The predicted molar refractivity (Wildman–Crippen MR) is 120 cm³/mol.